The number of hydrogen-bond acceptors (Lipinski definition) is 7. The molecule has 1 aliphatic heterocycles. The highest BCUT2D eigenvalue weighted by atomic mass is 16.6. The summed E-state index contributed by atoms with van der Waals surface area (Å²) in [4.78, 5) is 33.8. The van der Waals surface area contributed by atoms with Gasteiger partial charge in [-0.15, -0.1) is 5.10 Å². The van der Waals surface area contributed by atoms with Crippen molar-refractivity contribution in [3.63, 3.8) is 0 Å². The fraction of sp³-hybridized carbons (Fsp3) is 0.211. The Kier molecular flexibility index (Phi) is 4.83. The minimum absolute atomic E-state index is 0.120. The predicted octanol–water partition coefficient (Wildman–Crippen LogP) is 2.93. The van der Waals surface area contributed by atoms with E-state index >= 15 is 0 Å². The van der Waals surface area contributed by atoms with Crippen LogP contribution in [0.15, 0.2) is 53.6 Å². The van der Waals surface area contributed by atoms with E-state index in [2.05, 4.69) is 5.10 Å². The molecule has 1 unspecified atom stereocenters. The van der Waals surface area contributed by atoms with Crippen molar-refractivity contribution in [2.24, 2.45) is 5.10 Å². The van der Waals surface area contributed by atoms with E-state index in [1.165, 1.54) is 32.0 Å². The number of rotatable bonds is 4. The van der Waals surface area contributed by atoms with Crippen LogP contribution in [-0.2, 0) is 20.1 Å². The van der Waals surface area contributed by atoms with Crippen molar-refractivity contribution < 1.29 is 24.0 Å². The second-order valence-corrected chi connectivity index (χ2v) is 6.25. The highest BCUT2D eigenvalue weighted by molar-refractivity contribution is 5.97. The predicted molar refractivity (Wildman–Crippen MR) is 98.3 cm³/mol. The number of non-ortho nitro benzene ring substituents is 1. The molecule has 9 heteroatoms. The summed E-state index contributed by atoms with van der Waals surface area (Å²) in [5.41, 5.74) is -0.504. The summed E-state index contributed by atoms with van der Waals surface area (Å²) in [6, 6.07) is 12.3. The number of hydrazone groups is 1. The van der Waals surface area contributed by atoms with Gasteiger partial charge in [0, 0.05) is 44.0 Å². The number of esters is 1. The molecule has 28 heavy (non-hydrogen) atoms. The highest BCUT2D eigenvalue weighted by Gasteiger charge is 2.45. The van der Waals surface area contributed by atoms with E-state index in [0.29, 0.717) is 16.9 Å². The smallest absolute Gasteiger partial charge is 0.308 e. The van der Waals surface area contributed by atoms with Crippen LogP contribution in [-0.4, -0.2) is 27.7 Å². The van der Waals surface area contributed by atoms with Gasteiger partial charge >= 0.3 is 5.97 Å². The second-order valence-electron chi connectivity index (χ2n) is 6.25. The van der Waals surface area contributed by atoms with Gasteiger partial charge in [0.05, 0.1) is 4.92 Å². The molecule has 144 valence electrons. The summed E-state index contributed by atoms with van der Waals surface area (Å²) in [5.74, 6) is -0.304. The average Bonchev–Trinajstić information content (AvgIpc) is 3.01. The van der Waals surface area contributed by atoms with Crippen molar-refractivity contribution in [3.8, 4) is 5.75 Å². The molecule has 3 rings (SSSR count). The lowest BCUT2D eigenvalue weighted by atomic mass is 10.0. The Bertz CT molecular complexity index is 985. The number of amides is 1. The molecule has 0 aromatic heterocycles. The van der Waals surface area contributed by atoms with Crippen LogP contribution in [0, 0.1) is 10.1 Å². The average molecular weight is 383 g/mol. The van der Waals surface area contributed by atoms with Crippen LogP contribution in [0.5, 0.6) is 5.75 Å². The van der Waals surface area contributed by atoms with E-state index in [1.807, 2.05) is 0 Å². The lowest BCUT2D eigenvalue weighted by Gasteiger charge is -2.30. The zero-order valence-electron chi connectivity index (χ0n) is 15.4. The van der Waals surface area contributed by atoms with E-state index in [-0.39, 0.29) is 17.5 Å². The van der Waals surface area contributed by atoms with Crippen LogP contribution < -0.4 is 4.74 Å². The Morgan fingerprint density at radius 1 is 1.18 bits per heavy atom. The number of carbonyl (C=O) groups is 2. The van der Waals surface area contributed by atoms with Crippen molar-refractivity contribution in [2.45, 2.75) is 26.5 Å². The van der Waals surface area contributed by atoms with Crippen LogP contribution >= 0.6 is 0 Å². The zero-order chi connectivity index (χ0) is 20.5. The summed E-state index contributed by atoms with van der Waals surface area (Å²) in [5, 5.41) is 16.5. The molecule has 2 aromatic carbocycles. The molecule has 0 saturated heterocycles. The summed E-state index contributed by atoms with van der Waals surface area (Å²) in [6.07, 6.45) is 0. The SMILES string of the molecule is CC(=O)Oc1ccc(C2=NN(C(C)=O)C(C)(c3cccc([N+](=O)[O-])c3)O2)cc1. The maximum Gasteiger partial charge on any atom is 0.308 e. The molecule has 0 aliphatic carbocycles. The van der Waals surface area contributed by atoms with Gasteiger partial charge in [-0.1, -0.05) is 12.1 Å². The van der Waals surface area contributed by atoms with Gasteiger partial charge in [-0.05, 0) is 24.3 Å². The summed E-state index contributed by atoms with van der Waals surface area (Å²) in [6.45, 7) is 4.24. The maximum atomic E-state index is 12.2. The van der Waals surface area contributed by atoms with Crippen LogP contribution in [0.3, 0.4) is 0 Å². The Labute approximate surface area is 160 Å². The van der Waals surface area contributed by atoms with Gasteiger partial charge in [-0.25, -0.2) is 0 Å². The fourth-order valence-corrected chi connectivity index (χ4v) is 2.85. The number of benzene rings is 2. The molecule has 0 bridgehead atoms. The third kappa shape index (κ3) is 3.54. The Morgan fingerprint density at radius 2 is 1.86 bits per heavy atom. The Morgan fingerprint density at radius 3 is 2.43 bits per heavy atom. The van der Waals surface area contributed by atoms with Gasteiger partial charge in [0.25, 0.3) is 5.69 Å². The highest BCUT2D eigenvalue weighted by Crippen LogP contribution is 2.37. The van der Waals surface area contributed by atoms with Gasteiger partial charge < -0.3 is 9.47 Å². The van der Waals surface area contributed by atoms with E-state index in [1.54, 1.807) is 37.3 Å². The van der Waals surface area contributed by atoms with Gasteiger partial charge in [-0.2, -0.15) is 5.01 Å². The molecule has 0 spiro atoms. The third-order valence-electron chi connectivity index (χ3n) is 4.14. The van der Waals surface area contributed by atoms with Crippen molar-refractivity contribution >= 4 is 23.5 Å². The topological polar surface area (TPSA) is 111 Å². The first-order valence-electron chi connectivity index (χ1n) is 8.33. The standard InChI is InChI=1S/C19H17N3O6/c1-12(23)21-19(3,15-5-4-6-16(11-15)22(25)26)28-18(20-21)14-7-9-17(10-8-14)27-13(2)24/h4-11H,1-3H3. The zero-order valence-corrected chi connectivity index (χ0v) is 15.4. The van der Waals surface area contributed by atoms with Gasteiger partial charge in [0.15, 0.2) is 0 Å². The number of nitrogens with zero attached hydrogens (tertiary/aromatic N) is 3. The third-order valence-corrected chi connectivity index (χ3v) is 4.14. The lowest BCUT2D eigenvalue weighted by Crippen LogP contribution is -2.41. The van der Waals surface area contributed by atoms with Gasteiger partial charge in [-0.3, -0.25) is 19.7 Å². The minimum atomic E-state index is -1.35. The van der Waals surface area contributed by atoms with Crippen molar-refractivity contribution in [1.82, 2.24) is 5.01 Å². The molecule has 1 amide bonds. The van der Waals surface area contributed by atoms with Crippen molar-refractivity contribution in [1.29, 1.82) is 0 Å². The number of nitro groups is 1. The van der Waals surface area contributed by atoms with Crippen LogP contribution in [0.2, 0.25) is 0 Å². The molecule has 1 aliphatic rings. The first-order chi connectivity index (χ1) is 13.2. The van der Waals surface area contributed by atoms with E-state index in [9.17, 15) is 19.7 Å². The molecule has 9 nitrogen and oxygen atoms in total. The number of ether oxygens (including phenoxy) is 2. The lowest BCUT2D eigenvalue weighted by molar-refractivity contribution is -0.385. The molecule has 0 N–H and O–H groups in total. The quantitative estimate of drug-likeness (QED) is 0.347. The largest absolute Gasteiger partial charge is 0.443 e. The minimum Gasteiger partial charge on any atom is -0.443 e. The van der Waals surface area contributed by atoms with Gasteiger partial charge in [0.2, 0.25) is 17.5 Å². The molecule has 0 fully saturated rings. The summed E-state index contributed by atoms with van der Waals surface area (Å²) >= 11 is 0. The van der Waals surface area contributed by atoms with Crippen LogP contribution in [0.1, 0.15) is 31.9 Å². The number of carbonyl (C=O) groups excluding carboxylic acids is 2. The monoisotopic (exact) mass is 383 g/mol. The Balaban J connectivity index is 1.96. The van der Waals surface area contributed by atoms with Crippen LogP contribution in [0.25, 0.3) is 0 Å². The first kappa shape index (κ1) is 19.0. The fourth-order valence-electron chi connectivity index (χ4n) is 2.85. The maximum absolute atomic E-state index is 12.2. The molecule has 1 heterocycles. The van der Waals surface area contributed by atoms with Crippen molar-refractivity contribution in [3.05, 3.63) is 69.8 Å². The summed E-state index contributed by atoms with van der Waals surface area (Å²) < 4.78 is 11.0. The summed E-state index contributed by atoms with van der Waals surface area (Å²) in [7, 11) is 0. The van der Waals surface area contributed by atoms with E-state index < -0.39 is 16.6 Å². The van der Waals surface area contributed by atoms with Gasteiger partial charge in [0.1, 0.15) is 5.75 Å². The van der Waals surface area contributed by atoms with Crippen molar-refractivity contribution in [2.75, 3.05) is 0 Å². The molecule has 0 saturated carbocycles. The Hall–Kier alpha value is -3.75. The molecular formula is C19H17N3O6. The molecule has 2 aromatic rings. The molecule has 1 atom stereocenters. The number of hydrogen-bond donors (Lipinski definition) is 0. The normalized spacial score (nSPS) is 18.2. The molecule has 0 radical (unpaired) electrons. The molecular weight excluding hydrogens is 366 g/mol. The van der Waals surface area contributed by atoms with Crippen LogP contribution in [0.4, 0.5) is 5.69 Å². The van der Waals surface area contributed by atoms with E-state index in [0.717, 1.165) is 5.01 Å². The number of nitro benzene ring substituents is 1. The first-order valence-corrected chi connectivity index (χ1v) is 8.33. The second kappa shape index (κ2) is 7.10. The van der Waals surface area contributed by atoms with E-state index in [4.69, 9.17) is 9.47 Å².